The summed E-state index contributed by atoms with van der Waals surface area (Å²) in [6, 6.07) is 4.32. The normalized spacial score (nSPS) is 16.5. The number of nitrogens with two attached hydrogens (primary N) is 1. The van der Waals surface area contributed by atoms with E-state index in [2.05, 4.69) is 37.9 Å². The Kier molecular flexibility index (Phi) is 3.53. The first-order valence-corrected chi connectivity index (χ1v) is 6.58. The summed E-state index contributed by atoms with van der Waals surface area (Å²) in [5, 5.41) is 0. The molecule has 1 aliphatic carbocycles. The van der Waals surface area contributed by atoms with Gasteiger partial charge in [-0.1, -0.05) is 0 Å². The Bertz CT molecular complexity index is 438. The number of hydrogen-bond acceptors (Lipinski definition) is 3. The van der Waals surface area contributed by atoms with Gasteiger partial charge in [0.15, 0.2) is 0 Å². The molecule has 0 aliphatic heterocycles. The van der Waals surface area contributed by atoms with Gasteiger partial charge in [-0.2, -0.15) is 0 Å². The average Bonchev–Trinajstić information content (AvgIpc) is 3.11. The first-order chi connectivity index (χ1) is 8.51. The minimum absolute atomic E-state index is 0.370. The number of aryl methyl sites for hydroxylation is 2. The molecule has 1 aromatic rings. The number of methoxy groups -OCH3 is 1. The van der Waals surface area contributed by atoms with Crippen LogP contribution in [-0.2, 0) is 0 Å². The zero-order chi connectivity index (χ0) is 13.3. The van der Waals surface area contributed by atoms with Gasteiger partial charge in [0.05, 0.1) is 7.11 Å². The lowest BCUT2D eigenvalue weighted by Gasteiger charge is -2.27. The summed E-state index contributed by atoms with van der Waals surface area (Å²) in [5.41, 5.74) is 9.96. The standard InChI is InChI=1S/C15H24N2O/c1-11-8-14(18-4)12(2)7-13(11)17(3)10-15(9-16)5-6-15/h7-8H,5-6,9-10,16H2,1-4H3. The quantitative estimate of drug-likeness (QED) is 0.870. The van der Waals surface area contributed by atoms with Gasteiger partial charge in [0, 0.05) is 24.7 Å². The van der Waals surface area contributed by atoms with Crippen LogP contribution in [0.4, 0.5) is 5.69 Å². The number of benzene rings is 1. The topological polar surface area (TPSA) is 38.5 Å². The fourth-order valence-corrected chi connectivity index (χ4v) is 2.60. The summed E-state index contributed by atoms with van der Waals surface area (Å²) in [7, 11) is 3.88. The molecule has 0 saturated heterocycles. The van der Waals surface area contributed by atoms with Crippen molar-refractivity contribution < 1.29 is 4.74 Å². The molecule has 100 valence electrons. The maximum absolute atomic E-state index is 5.86. The Morgan fingerprint density at radius 1 is 1.28 bits per heavy atom. The van der Waals surface area contributed by atoms with Crippen LogP contribution in [0, 0.1) is 19.3 Å². The lowest BCUT2D eigenvalue weighted by Crippen LogP contribution is -2.31. The van der Waals surface area contributed by atoms with E-state index in [0.717, 1.165) is 18.8 Å². The predicted molar refractivity (Wildman–Crippen MR) is 76.5 cm³/mol. The number of anilines is 1. The average molecular weight is 248 g/mol. The molecule has 0 radical (unpaired) electrons. The van der Waals surface area contributed by atoms with Crippen molar-refractivity contribution in [2.24, 2.45) is 11.1 Å². The third kappa shape index (κ3) is 2.46. The molecule has 1 saturated carbocycles. The molecule has 18 heavy (non-hydrogen) atoms. The molecule has 3 heteroatoms. The molecule has 0 amide bonds. The Morgan fingerprint density at radius 2 is 1.94 bits per heavy atom. The molecule has 0 heterocycles. The molecular weight excluding hydrogens is 224 g/mol. The van der Waals surface area contributed by atoms with Gasteiger partial charge in [-0.3, -0.25) is 0 Å². The van der Waals surface area contributed by atoms with Crippen LogP contribution in [0.2, 0.25) is 0 Å². The van der Waals surface area contributed by atoms with Crippen LogP contribution < -0.4 is 15.4 Å². The van der Waals surface area contributed by atoms with Crippen LogP contribution in [0.1, 0.15) is 24.0 Å². The number of nitrogens with zero attached hydrogens (tertiary/aromatic N) is 1. The number of rotatable bonds is 5. The van der Waals surface area contributed by atoms with Gasteiger partial charge in [-0.25, -0.2) is 0 Å². The molecule has 0 spiro atoms. The minimum atomic E-state index is 0.370. The highest BCUT2D eigenvalue weighted by atomic mass is 16.5. The first kappa shape index (κ1) is 13.2. The molecule has 2 rings (SSSR count). The molecular formula is C15H24N2O. The van der Waals surface area contributed by atoms with Gasteiger partial charge >= 0.3 is 0 Å². The molecule has 0 atom stereocenters. The monoisotopic (exact) mass is 248 g/mol. The molecule has 0 unspecified atom stereocenters. The first-order valence-electron chi connectivity index (χ1n) is 6.58. The summed E-state index contributed by atoms with van der Waals surface area (Å²) in [5.74, 6) is 0.963. The fraction of sp³-hybridized carbons (Fsp3) is 0.600. The van der Waals surface area contributed by atoms with Crippen molar-refractivity contribution in [1.82, 2.24) is 0 Å². The Balaban J connectivity index is 2.20. The van der Waals surface area contributed by atoms with Crippen molar-refractivity contribution in [2.75, 3.05) is 32.1 Å². The molecule has 1 fully saturated rings. The molecule has 0 bridgehead atoms. The molecule has 0 aromatic heterocycles. The highest BCUT2D eigenvalue weighted by molar-refractivity contribution is 5.58. The van der Waals surface area contributed by atoms with Crippen LogP contribution in [0.5, 0.6) is 5.75 Å². The van der Waals surface area contributed by atoms with E-state index in [1.165, 1.54) is 29.7 Å². The molecule has 1 aromatic carbocycles. The third-order valence-corrected chi connectivity index (χ3v) is 4.09. The maximum atomic E-state index is 5.86. The summed E-state index contributed by atoms with van der Waals surface area (Å²) in [6.07, 6.45) is 2.53. The summed E-state index contributed by atoms with van der Waals surface area (Å²) in [4.78, 5) is 2.33. The van der Waals surface area contributed by atoms with Gasteiger partial charge in [-0.15, -0.1) is 0 Å². The van der Waals surface area contributed by atoms with E-state index < -0.39 is 0 Å². The second-order valence-corrected chi connectivity index (χ2v) is 5.67. The van der Waals surface area contributed by atoms with Crippen LogP contribution in [0.25, 0.3) is 0 Å². The van der Waals surface area contributed by atoms with Gasteiger partial charge in [0.2, 0.25) is 0 Å². The molecule has 3 nitrogen and oxygen atoms in total. The maximum Gasteiger partial charge on any atom is 0.122 e. The minimum Gasteiger partial charge on any atom is -0.496 e. The Morgan fingerprint density at radius 3 is 2.44 bits per heavy atom. The summed E-state index contributed by atoms with van der Waals surface area (Å²) in [6.45, 7) is 6.07. The highest BCUT2D eigenvalue weighted by Crippen LogP contribution is 2.45. The van der Waals surface area contributed by atoms with Gasteiger partial charge in [-0.05, 0) is 56.5 Å². The van der Waals surface area contributed by atoms with Crippen molar-refractivity contribution in [3.05, 3.63) is 23.3 Å². The summed E-state index contributed by atoms with van der Waals surface area (Å²) >= 11 is 0. The van der Waals surface area contributed by atoms with E-state index in [9.17, 15) is 0 Å². The van der Waals surface area contributed by atoms with E-state index >= 15 is 0 Å². The molecule has 2 N–H and O–H groups in total. The van der Waals surface area contributed by atoms with Crippen LogP contribution in [0.15, 0.2) is 12.1 Å². The lowest BCUT2D eigenvalue weighted by atomic mass is 10.0. The van der Waals surface area contributed by atoms with Crippen molar-refractivity contribution in [2.45, 2.75) is 26.7 Å². The zero-order valence-electron chi connectivity index (χ0n) is 11.9. The van der Waals surface area contributed by atoms with E-state index in [4.69, 9.17) is 10.5 Å². The van der Waals surface area contributed by atoms with Crippen molar-refractivity contribution in [3.8, 4) is 5.75 Å². The zero-order valence-corrected chi connectivity index (χ0v) is 11.9. The largest absolute Gasteiger partial charge is 0.496 e. The Hall–Kier alpha value is -1.22. The van der Waals surface area contributed by atoms with E-state index in [1.54, 1.807) is 7.11 Å². The van der Waals surface area contributed by atoms with Crippen molar-refractivity contribution in [3.63, 3.8) is 0 Å². The van der Waals surface area contributed by atoms with Crippen molar-refractivity contribution in [1.29, 1.82) is 0 Å². The van der Waals surface area contributed by atoms with E-state index in [1.807, 2.05) is 0 Å². The van der Waals surface area contributed by atoms with Crippen LogP contribution in [0.3, 0.4) is 0 Å². The third-order valence-electron chi connectivity index (χ3n) is 4.09. The SMILES string of the molecule is COc1cc(C)c(N(C)CC2(CN)CC2)cc1C. The van der Waals surface area contributed by atoms with Crippen LogP contribution >= 0.6 is 0 Å². The van der Waals surface area contributed by atoms with E-state index in [-0.39, 0.29) is 0 Å². The lowest BCUT2D eigenvalue weighted by molar-refractivity contribution is 0.411. The predicted octanol–water partition coefficient (Wildman–Crippen LogP) is 2.49. The second kappa shape index (κ2) is 4.81. The smallest absolute Gasteiger partial charge is 0.122 e. The van der Waals surface area contributed by atoms with E-state index in [0.29, 0.717) is 5.41 Å². The number of ether oxygens (including phenoxy) is 1. The van der Waals surface area contributed by atoms with Gasteiger partial charge in [0.1, 0.15) is 5.75 Å². The van der Waals surface area contributed by atoms with Gasteiger partial charge in [0.25, 0.3) is 0 Å². The Labute approximate surface area is 110 Å². The van der Waals surface area contributed by atoms with Gasteiger partial charge < -0.3 is 15.4 Å². The fourth-order valence-electron chi connectivity index (χ4n) is 2.60. The molecule has 1 aliphatic rings. The summed E-state index contributed by atoms with van der Waals surface area (Å²) < 4.78 is 5.36. The second-order valence-electron chi connectivity index (χ2n) is 5.67. The highest BCUT2D eigenvalue weighted by Gasteiger charge is 2.42. The number of hydrogen-bond donors (Lipinski definition) is 1. The van der Waals surface area contributed by atoms with Crippen LogP contribution in [-0.4, -0.2) is 27.2 Å². The van der Waals surface area contributed by atoms with Crippen molar-refractivity contribution >= 4 is 5.69 Å².